The van der Waals surface area contributed by atoms with Crippen molar-refractivity contribution >= 4 is 5.78 Å². The third-order valence-corrected chi connectivity index (χ3v) is 4.61. The van der Waals surface area contributed by atoms with Gasteiger partial charge in [-0.15, -0.1) is 0 Å². The summed E-state index contributed by atoms with van der Waals surface area (Å²) in [5.74, 6) is 0.520. The zero-order valence-electron chi connectivity index (χ0n) is 8.01. The van der Waals surface area contributed by atoms with E-state index >= 15 is 0 Å². The lowest BCUT2D eigenvalue weighted by Gasteiger charge is -2.40. The van der Waals surface area contributed by atoms with Crippen LogP contribution < -0.4 is 0 Å². The molecule has 3 aliphatic rings. The first-order valence-corrected chi connectivity index (χ1v) is 5.46. The minimum absolute atomic E-state index is 0.322. The van der Waals surface area contributed by atoms with Gasteiger partial charge in [0.05, 0.1) is 0 Å². The number of allylic oxidation sites excluding steroid dienone is 2. The van der Waals surface area contributed by atoms with E-state index in [2.05, 4.69) is 12.2 Å². The molecule has 0 heterocycles. The Kier molecular flexibility index (Phi) is 1.35. The number of ketones is 1. The van der Waals surface area contributed by atoms with E-state index in [1.165, 1.54) is 32.1 Å². The van der Waals surface area contributed by atoms with Crippen molar-refractivity contribution in [2.75, 3.05) is 0 Å². The Labute approximate surface area is 79.2 Å². The van der Waals surface area contributed by atoms with Crippen LogP contribution in [-0.4, -0.2) is 5.78 Å². The number of hydrogen-bond acceptors (Lipinski definition) is 1. The van der Waals surface area contributed by atoms with Gasteiger partial charge in [-0.05, 0) is 31.1 Å². The second-order valence-corrected chi connectivity index (χ2v) is 5.12. The minimum atomic E-state index is 0.322. The highest BCUT2D eigenvalue weighted by Gasteiger charge is 2.59. The van der Waals surface area contributed by atoms with Gasteiger partial charge in [-0.25, -0.2) is 0 Å². The van der Waals surface area contributed by atoms with E-state index < -0.39 is 0 Å². The summed E-state index contributed by atoms with van der Waals surface area (Å²) in [5, 5.41) is 0. The van der Waals surface area contributed by atoms with Crippen molar-refractivity contribution in [1.82, 2.24) is 0 Å². The van der Waals surface area contributed by atoms with Gasteiger partial charge in [-0.2, -0.15) is 0 Å². The molecule has 1 nitrogen and oxygen atoms in total. The van der Waals surface area contributed by atoms with Crippen LogP contribution in [0.25, 0.3) is 0 Å². The lowest BCUT2D eigenvalue weighted by molar-refractivity contribution is -0.118. The number of Topliss-reactive ketones (excluding diaryl/α,β-unsaturated/α-hetero) is 1. The fraction of sp³-hybridized carbons (Fsp3) is 0.750. The Bertz CT molecular complexity index is 291. The van der Waals surface area contributed by atoms with Crippen molar-refractivity contribution in [3.8, 4) is 0 Å². The number of carbonyl (C=O) groups is 1. The van der Waals surface area contributed by atoms with E-state index in [1.807, 2.05) is 0 Å². The molecule has 0 N–H and O–H groups in total. The van der Waals surface area contributed by atoms with Gasteiger partial charge in [0.2, 0.25) is 0 Å². The molecule has 2 saturated carbocycles. The highest BCUT2D eigenvalue weighted by Crippen LogP contribution is 2.66. The molecule has 0 spiro atoms. The van der Waals surface area contributed by atoms with E-state index in [-0.39, 0.29) is 0 Å². The lowest BCUT2D eigenvalue weighted by atomic mass is 9.63. The highest BCUT2D eigenvalue weighted by molar-refractivity contribution is 5.83. The van der Waals surface area contributed by atoms with Gasteiger partial charge in [0.25, 0.3) is 0 Å². The van der Waals surface area contributed by atoms with Crippen LogP contribution in [0.4, 0.5) is 0 Å². The summed E-state index contributed by atoms with van der Waals surface area (Å²) < 4.78 is 0. The Morgan fingerprint density at radius 3 is 2.92 bits per heavy atom. The molecule has 0 aromatic carbocycles. The normalized spacial score (nSPS) is 47.8. The maximum absolute atomic E-state index is 11.6. The molecule has 1 heteroatoms. The Balaban J connectivity index is 2.11. The van der Waals surface area contributed by atoms with Crippen molar-refractivity contribution < 1.29 is 4.79 Å². The van der Waals surface area contributed by atoms with E-state index in [0.717, 1.165) is 12.8 Å². The van der Waals surface area contributed by atoms with E-state index in [1.54, 1.807) is 0 Å². The zero-order chi connectivity index (χ0) is 8.94. The maximum atomic E-state index is 11.6. The van der Waals surface area contributed by atoms with Gasteiger partial charge in [-0.1, -0.05) is 18.6 Å². The fourth-order valence-electron chi connectivity index (χ4n) is 4.04. The maximum Gasteiger partial charge on any atom is 0.134 e. The van der Waals surface area contributed by atoms with Crippen molar-refractivity contribution in [3.63, 3.8) is 0 Å². The molecule has 0 aliphatic heterocycles. The summed E-state index contributed by atoms with van der Waals surface area (Å²) in [6, 6.07) is 0. The van der Waals surface area contributed by atoms with Gasteiger partial charge >= 0.3 is 0 Å². The molecular formula is C12H16O. The van der Waals surface area contributed by atoms with Crippen molar-refractivity contribution in [3.05, 3.63) is 12.2 Å². The summed E-state index contributed by atoms with van der Waals surface area (Å²) >= 11 is 0. The average Bonchev–Trinajstić information content (AvgIpc) is 2.54. The molecule has 0 saturated heterocycles. The summed E-state index contributed by atoms with van der Waals surface area (Å²) in [4.78, 5) is 11.6. The molecular weight excluding hydrogens is 160 g/mol. The predicted octanol–water partition coefficient (Wildman–Crippen LogP) is 2.86. The molecule has 3 rings (SSSR count). The van der Waals surface area contributed by atoms with Crippen molar-refractivity contribution in [2.24, 2.45) is 10.8 Å². The molecule has 2 unspecified atom stereocenters. The van der Waals surface area contributed by atoms with Crippen LogP contribution in [0.5, 0.6) is 0 Å². The van der Waals surface area contributed by atoms with Crippen molar-refractivity contribution in [2.45, 2.75) is 44.9 Å². The first-order chi connectivity index (χ1) is 6.27. The molecule has 13 heavy (non-hydrogen) atoms. The average molecular weight is 176 g/mol. The van der Waals surface area contributed by atoms with Crippen LogP contribution in [0.3, 0.4) is 0 Å². The van der Waals surface area contributed by atoms with Gasteiger partial charge in [0.1, 0.15) is 5.78 Å². The third-order valence-electron chi connectivity index (χ3n) is 4.61. The topological polar surface area (TPSA) is 17.1 Å². The molecule has 70 valence electrons. The van der Waals surface area contributed by atoms with Crippen LogP contribution in [0.15, 0.2) is 12.2 Å². The monoisotopic (exact) mass is 176 g/mol. The quantitative estimate of drug-likeness (QED) is 0.519. The van der Waals surface area contributed by atoms with Gasteiger partial charge in [-0.3, -0.25) is 4.79 Å². The third kappa shape index (κ3) is 0.806. The smallest absolute Gasteiger partial charge is 0.134 e. The number of hydrogen-bond donors (Lipinski definition) is 0. The zero-order valence-corrected chi connectivity index (χ0v) is 8.01. The SMILES string of the molecule is O=C1CC23C=CCCC2(CCC3)C1. The van der Waals surface area contributed by atoms with Crippen LogP contribution in [0.1, 0.15) is 44.9 Å². The summed E-state index contributed by atoms with van der Waals surface area (Å²) in [5.41, 5.74) is 0.737. The largest absolute Gasteiger partial charge is 0.300 e. The highest BCUT2D eigenvalue weighted by atomic mass is 16.1. The van der Waals surface area contributed by atoms with Crippen LogP contribution >= 0.6 is 0 Å². The fourth-order valence-corrected chi connectivity index (χ4v) is 4.04. The van der Waals surface area contributed by atoms with Crippen molar-refractivity contribution in [1.29, 1.82) is 0 Å². The molecule has 0 amide bonds. The van der Waals surface area contributed by atoms with Crippen LogP contribution in [0.2, 0.25) is 0 Å². The van der Waals surface area contributed by atoms with Gasteiger partial charge in [0.15, 0.2) is 0 Å². The first kappa shape index (κ1) is 7.78. The van der Waals surface area contributed by atoms with E-state index in [4.69, 9.17) is 0 Å². The van der Waals surface area contributed by atoms with Crippen LogP contribution in [-0.2, 0) is 4.79 Å². The molecule has 0 radical (unpaired) electrons. The van der Waals surface area contributed by atoms with Crippen LogP contribution in [0, 0.1) is 10.8 Å². The lowest BCUT2D eigenvalue weighted by Crippen LogP contribution is -2.32. The summed E-state index contributed by atoms with van der Waals surface area (Å²) in [6.45, 7) is 0. The predicted molar refractivity (Wildman–Crippen MR) is 51.3 cm³/mol. The number of carbonyl (C=O) groups excluding carboxylic acids is 1. The Hall–Kier alpha value is -0.590. The molecule has 0 bridgehead atoms. The molecule has 0 aromatic rings. The molecule has 3 aliphatic carbocycles. The second kappa shape index (κ2) is 2.26. The standard InChI is InChI=1S/C12H16O/c13-10-8-11-4-1-2-5-12(11,9-10)7-3-6-11/h1,4H,2-3,5-9H2. The Morgan fingerprint density at radius 2 is 2.08 bits per heavy atom. The number of rotatable bonds is 0. The Morgan fingerprint density at radius 1 is 1.15 bits per heavy atom. The van der Waals surface area contributed by atoms with Gasteiger partial charge in [0, 0.05) is 18.3 Å². The molecule has 2 fully saturated rings. The van der Waals surface area contributed by atoms with E-state index in [0.29, 0.717) is 16.6 Å². The minimum Gasteiger partial charge on any atom is -0.300 e. The summed E-state index contributed by atoms with van der Waals surface area (Å²) in [6.07, 6.45) is 12.8. The van der Waals surface area contributed by atoms with Gasteiger partial charge < -0.3 is 0 Å². The second-order valence-electron chi connectivity index (χ2n) is 5.12. The van der Waals surface area contributed by atoms with E-state index in [9.17, 15) is 4.79 Å². The first-order valence-electron chi connectivity index (χ1n) is 5.46. The summed E-state index contributed by atoms with van der Waals surface area (Å²) in [7, 11) is 0. The molecule has 0 aromatic heterocycles. The molecule has 2 atom stereocenters.